The molecule has 0 aromatic rings. The molecule has 2 aliphatic rings. The van der Waals surface area contributed by atoms with Gasteiger partial charge in [-0.2, -0.15) is 0 Å². The van der Waals surface area contributed by atoms with Gasteiger partial charge in [-0.1, -0.05) is 6.92 Å². The number of rotatable bonds is 0. The summed E-state index contributed by atoms with van der Waals surface area (Å²) in [5.74, 6) is 0.728. The standard InChI is InChI=1S/C7H13NO/c1-6-4-8-3-2-7(6)5-9-7/h6,8H,2-5H2,1H3/t6-,7+/m0/s1. The molecule has 2 aliphatic heterocycles. The molecule has 0 aromatic heterocycles. The number of ether oxygens (including phenoxy) is 1. The molecule has 2 heterocycles. The summed E-state index contributed by atoms with van der Waals surface area (Å²) in [6, 6.07) is 0. The van der Waals surface area contributed by atoms with E-state index in [2.05, 4.69) is 12.2 Å². The van der Waals surface area contributed by atoms with Crippen molar-refractivity contribution < 1.29 is 4.74 Å². The smallest absolute Gasteiger partial charge is 0.0966 e. The summed E-state index contributed by atoms with van der Waals surface area (Å²) in [4.78, 5) is 0. The summed E-state index contributed by atoms with van der Waals surface area (Å²) in [7, 11) is 0. The number of epoxide rings is 1. The van der Waals surface area contributed by atoms with Crippen molar-refractivity contribution in [2.75, 3.05) is 19.7 Å². The highest BCUT2D eigenvalue weighted by molar-refractivity contribution is 5.00. The van der Waals surface area contributed by atoms with Gasteiger partial charge in [0, 0.05) is 6.54 Å². The molecule has 2 fully saturated rings. The highest BCUT2D eigenvalue weighted by Gasteiger charge is 2.50. The van der Waals surface area contributed by atoms with Crippen LogP contribution in [0, 0.1) is 5.92 Å². The Balaban J connectivity index is 2.03. The summed E-state index contributed by atoms with van der Waals surface area (Å²) >= 11 is 0. The van der Waals surface area contributed by atoms with Crippen LogP contribution in [0.1, 0.15) is 13.3 Å². The third-order valence-electron chi connectivity index (χ3n) is 2.59. The van der Waals surface area contributed by atoms with Crippen LogP contribution in [0.15, 0.2) is 0 Å². The van der Waals surface area contributed by atoms with Gasteiger partial charge in [0.15, 0.2) is 0 Å². The molecule has 2 saturated heterocycles. The molecule has 0 saturated carbocycles. The molecular weight excluding hydrogens is 114 g/mol. The van der Waals surface area contributed by atoms with Crippen molar-refractivity contribution in [3.63, 3.8) is 0 Å². The molecule has 0 bridgehead atoms. The van der Waals surface area contributed by atoms with Gasteiger partial charge in [-0.25, -0.2) is 0 Å². The lowest BCUT2D eigenvalue weighted by Gasteiger charge is -2.25. The van der Waals surface area contributed by atoms with Crippen LogP contribution >= 0.6 is 0 Å². The van der Waals surface area contributed by atoms with Crippen LogP contribution in [0.3, 0.4) is 0 Å². The fourth-order valence-corrected chi connectivity index (χ4v) is 1.57. The first-order valence-corrected chi connectivity index (χ1v) is 3.68. The maximum Gasteiger partial charge on any atom is 0.0966 e. The predicted molar refractivity (Wildman–Crippen MR) is 35.3 cm³/mol. The second-order valence-electron chi connectivity index (χ2n) is 3.21. The zero-order valence-corrected chi connectivity index (χ0v) is 5.81. The van der Waals surface area contributed by atoms with Gasteiger partial charge >= 0.3 is 0 Å². The average molecular weight is 127 g/mol. The fourth-order valence-electron chi connectivity index (χ4n) is 1.57. The molecule has 2 rings (SSSR count). The van der Waals surface area contributed by atoms with Crippen molar-refractivity contribution >= 4 is 0 Å². The van der Waals surface area contributed by atoms with Crippen molar-refractivity contribution in [1.82, 2.24) is 5.32 Å². The summed E-state index contributed by atoms with van der Waals surface area (Å²) in [5.41, 5.74) is 0.325. The van der Waals surface area contributed by atoms with E-state index in [0.29, 0.717) is 5.60 Å². The molecular formula is C7H13NO. The summed E-state index contributed by atoms with van der Waals surface area (Å²) in [5, 5.41) is 3.35. The van der Waals surface area contributed by atoms with Crippen LogP contribution in [0.25, 0.3) is 0 Å². The second kappa shape index (κ2) is 1.70. The molecule has 9 heavy (non-hydrogen) atoms. The largest absolute Gasteiger partial charge is 0.369 e. The molecule has 52 valence electrons. The van der Waals surface area contributed by atoms with Crippen LogP contribution < -0.4 is 5.32 Å². The van der Waals surface area contributed by atoms with E-state index >= 15 is 0 Å². The first kappa shape index (κ1) is 5.69. The van der Waals surface area contributed by atoms with E-state index in [1.165, 1.54) is 6.42 Å². The third kappa shape index (κ3) is 0.775. The Morgan fingerprint density at radius 1 is 1.67 bits per heavy atom. The van der Waals surface area contributed by atoms with E-state index in [1.807, 2.05) is 0 Å². The highest BCUT2D eigenvalue weighted by Crippen LogP contribution is 2.39. The first-order chi connectivity index (χ1) is 4.33. The minimum Gasteiger partial charge on any atom is -0.369 e. The van der Waals surface area contributed by atoms with Crippen LogP contribution in [0.5, 0.6) is 0 Å². The maximum atomic E-state index is 5.41. The normalized spacial score (nSPS) is 49.7. The van der Waals surface area contributed by atoms with Crippen molar-refractivity contribution in [3.8, 4) is 0 Å². The lowest BCUT2D eigenvalue weighted by atomic mass is 9.88. The second-order valence-corrected chi connectivity index (χ2v) is 3.21. The van der Waals surface area contributed by atoms with Crippen molar-refractivity contribution in [3.05, 3.63) is 0 Å². The van der Waals surface area contributed by atoms with E-state index in [9.17, 15) is 0 Å². The number of piperidine rings is 1. The minimum absolute atomic E-state index is 0.325. The van der Waals surface area contributed by atoms with Crippen molar-refractivity contribution in [2.24, 2.45) is 5.92 Å². The Hall–Kier alpha value is -0.0800. The monoisotopic (exact) mass is 127 g/mol. The van der Waals surface area contributed by atoms with Gasteiger partial charge in [-0.05, 0) is 18.9 Å². The van der Waals surface area contributed by atoms with Gasteiger partial charge in [0.05, 0.1) is 12.2 Å². The molecule has 0 unspecified atom stereocenters. The number of hydrogen-bond donors (Lipinski definition) is 1. The molecule has 0 aromatic carbocycles. The average Bonchev–Trinajstić information content (AvgIpc) is 2.60. The lowest BCUT2D eigenvalue weighted by Crippen LogP contribution is -2.40. The lowest BCUT2D eigenvalue weighted by molar-refractivity contribution is 0.183. The fraction of sp³-hybridized carbons (Fsp3) is 1.00. The van der Waals surface area contributed by atoms with Crippen LogP contribution in [0.4, 0.5) is 0 Å². The molecule has 2 heteroatoms. The quantitative estimate of drug-likeness (QED) is 0.476. The summed E-state index contributed by atoms with van der Waals surface area (Å²) in [6.45, 7) is 5.55. The Bertz CT molecular complexity index is 120. The molecule has 0 aliphatic carbocycles. The zero-order valence-electron chi connectivity index (χ0n) is 5.81. The van der Waals surface area contributed by atoms with E-state index in [-0.39, 0.29) is 0 Å². The van der Waals surface area contributed by atoms with Crippen LogP contribution in [-0.2, 0) is 4.74 Å². The summed E-state index contributed by atoms with van der Waals surface area (Å²) < 4.78 is 5.41. The van der Waals surface area contributed by atoms with Crippen molar-refractivity contribution in [1.29, 1.82) is 0 Å². The topological polar surface area (TPSA) is 24.6 Å². The van der Waals surface area contributed by atoms with E-state index in [1.54, 1.807) is 0 Å². The van der Waals surface area contributed by atoms with Gasteiger partial charge in [0.1, 0.15) is 0 Å². The number of hydrogen-bond acceptors (Lipinski definition) is 2. The SMILES string of the molecule is C[C@H]1CNCC[C@@]12CO2. The van der Waals surface area contributed by atoms with Gasteiger partial charge in [0.25, 0.3) is 0 Å². The molecule has 0 radical (unpaired) electrons. The predicted octanol–water partition coefficient (Wildman–Crippen LogP) is 0.385. The molecule has 2 nitrogen and oxygen atoms in total. The molecule has 0 amide bonds. The highest BCUT2D eigenvalue weighted by atomic mass is 16.6. The van der Waals surface area contributed by atoms with Crippen molar-refractivity contribution in [2.45, 2.75) is 18.9 Å². The first-order valence-electron chi connectivity index (χ1n) is 3.68. The summed E-state index contributed by atoms with van der Waals surface area (Å²) in [6.07, 6.45) is 1.22. The Morgan fingerprint density at radius 3 is 2.89 bits per heavy atom. The Labute approximate surface area is 55.6 Å². The van der Waals surface area contributed by atoms with Crippen LogP contribution in [-0.4, -0.2) is 25.3 Å². The van der Waals surface area contributed by atoms with E-state index in [0.717, 1.165) is 25.6 Å². The maximum absolute atomic E-state index is 5.41. The molecule has 1 N–H and O–H groups in total. The third-order valence-corrected chi connectivity index (χ3v) is 2.59. The van der Waals surface area contributed by atoms with Gasteiger partial charge in [-0.15, -0.1) is 0 Å². The van der Waals surface area contributed by atoms with Gasteiger partial charge in [-0.3, -0.25) is 0 Å². The molecule has 1 spiro atoms. The Kier molecular flexibility index (Phi) is 1.08. The van der Waals surface area contributed by atoms with Gasteiger partial charge in [0.2, 0.25) is 0 Å². The zero-order chi connectivity index (χ0) is 6.32. The molecule has 2 atom stereocenters. The van der Waals surface area contributed by atoms with Gasteiger partial charge < -0.3 is 10.1 Å². The van der Waals surface area contributed by atoms with E-state index in [4.69, 9.17) is 4.74 Å². The number of nitrogens with one attached hydrogen (secondary N) is 1. The minimum atomic E-state index is 0.325. The van der Waals surface area contributed by atoms with Crippen LogP contribution in [0.2, 0.25) is 0 Å². The Morgan fingerprint density at radius 2 is 2.44 bits per heavy atom. The van der Waals surface area contributed by atoms with E-state index < -0.39 is 0 Å².